The molecule has 3 atom stereocenters. The highest BCUT2D eigenvalue weighted by atomic mass is 16.5. The molecule has 3 N–H and O–H groups in total. The van der Waals surface area contributed by atoms with E-state index in [4.69, 9.17) is 4.74 Å². The predicted octanol–water partition coefficient (Wildman–Crippen LogP) is 3.53. The number of amides is 1. The van der Waals surface area contributed by atoms with E-state index in [1.807, 2.05) is 6.20 Å². The van der Waals surface area contributed by atoms with Gasteiger partial charge in [0, 0.05) is 43.2 Å². The van der Waals surface area contributed by atoms with Crippen LogP contribution in [0.15, 0.2) is 43.5 Å². The summed E-state index contributed by atoms with van der Waals surface area (Å²) in [5.41, 5.74) is 2.41. The number of aromatic nitrogens is 3. The van der Waals surface area contributed by atoms with Crippen LogP contribution >= 0.6 is 0 Å². The van der Waals surface area contributed by atoms with Crippen molar-refractivity contribution in [2.45, 2.75) is 83.1 Å². The zero-order valence-corrected chi connectivity index (χ0v) is 21.0. The van der Waals surface area contributed by atoms with E-state index in [1.165, 1.54) is 24.2 Å². The van der Waals surface area contributed by atoms with E-state index in [1.54, 1.807) is 6.08 Å². The van der Waals surface area contributed by atoms with E-state index >= 15 is 0 Å². The van der Waals surface area contributed by atoms with E-state index in [2.05, 4.69) is 59.0 Å². The molecule has 0 aromatic carbocycles. The summed E-state index contributed by atoms with van der Waals surface area (Å²) in [5, 5.41) is 17.4. The Balaban J connectivity index is 1.47. The van der Waals surface area contributed by atoms with Crippen LogP contribution in [-0.2, 0) is 6.42 Å². The normalized spacial score (nSPS) is 20.2. The summed E-state index contributed by atoms with van der Waals surface area (Å²) >= 11 is 0. The topological polar surface area (TPSA) is 109 Å². The van der Waals surface area contributed by atoms with Gasteiger partial charge in [0.15, 0.2) is 0 Å². The Morgan fingerprint density at radius 2 is 2.11 bits per heavy atom. The first kappa shape index (κ1) is 25.3. The minimum absolute atomic E-state index is 0.0150. The number of fused-ring (bicyclic) bond motifs is 1. The molecule has 1 spiro atoms. The molecule has 0 saturated heterocycles. The van der Waals surface area contributed by atoms with Crippen molar-refractivity contribution < 1.29 is 14.6 Å². The van der Waals surface area contributed by atoms with E-state index < -0.39 is 12.1 Å². The lowest BCUT2D eigenvalue weighted by atomic mass is 9.73. The summed E-state index contributed by atoms with van der Waals surface area (Å²) in [5.74, 6) is 0.323. The van der Waals surface area contributed by atoms with Gasteiger partial charge in [-0.25, -0.2) is 9.97 Å². The van der Waals surface area contributed by atoms with Gasteiger partial charge < -0.3 is 20.5 Å². The quantitative estimate of drug-likeness (QED) is 0.472. The maximum atomic E-state index is 12.6. The number of carbonyl (C=O) groups is 1. The Labute approximate surface area is 207 Å². The highest BCUT2D eigenvalue weighted by molar-refractivity contribution is 5.92. The summed E-state index contributed by atoms with van der Waals surface area (Å²) in [6, 6.07) is 1.71. The first-order valence-electron chi connectivity index (χ1n) is 12.5. The Bertz CT molecular complexity index is 1030. The van der Waals surface area contributed by atoms with Crippen LogP contribution in [0.4, 0.5) is 0 Å². The molecule has 1 amide bonds. The summed E-state index contributed by atoms with van der Waals surface area (Å²) in [6.07, 6.45) is 12.6. The summed E-state index contributed by atoms with van der Waals surface area (Å²) in [4.78, 5) is 25.3. The fraction of sp³-hybridized carbons (Fsp3) is 0.556. The minimum atomic E-state index is -0.817. The van der Waals surface area contributed by atoms with E-state index in [-0.39, 0.29) is 28.7 Å². The molecule has 1 aliphatic heterocycles. The summed E-state index contributed by atoms with van der Waals surface area (Å²) in [6.45, 7) is 10.7. The molecule has 2 aromatic rings. The molecule has 35 heavy (non-hydrogen) atoms. The standard InChI is InChI=1S/C27H37N5O3/c1-5-7-20(32-24(34)22-16-28-10-11-29-22)23(33)17-30-21-14-27(8-6-9-27)35-25-19(21)12-18(15-31-25)13-26(2,3)4/h5,10-12,15-16,20-21,23,30,33H,1,6-9,13-14,17H2,2-4H3,(H,32,34)/t20-,21-,23+/m0/s1. The number of nitrogens with one attached hydrogen (secondary N) is 2. The van der Waals surface area contributed by atoms with Gasteiger partial charge in [0.1, 0.15) is 11.3 Å². The Hall–Kier alpha value is -2.84. The minimum Gasteiger partial charge on any atom is -0.471 e. The zero-order valence-electron chi connectivity index (χ0n) is 21.0. The lowest BCUT2D eigenvalue weighted by molar-refractivity contribution is -0.0420. The molecular weight excluding hydrogens is 442 g/mol. The van der Waals surface area contributed by atoms with E-state index in [0.29, 0.717) is 18.8 Å². The van der Waals surface area contributed by atoms with Crippen molar-refractivity contribution >= 4 is 5.91 Å². The number of aliphatic hydroxyl groups excluding tert-OH is 1. The van der Waals surface area contributed by atoms with Crippen LogP contribution in [-0.4, -0.2) is 50.3 Å². The van der Waals surface area contributed by atoms with Crippen molar-refractivity contribution in [3.8, 4) is 5.88 Å². The second-order valence-electron chi connectivity index (χ2n) is 11.0. The Kier molecular flexibility index (Phi) is 7.52. The first-order valence-corrected chi connectivity index (χ1v) is 12.5. The highest BCUT2D eigenvalue weighted by Crippen LogP contribution is 2.48. The van der Waals surface area contributed by atoms with Crippen LogP contribution < -0.4 is 15.4 Å². The number of rotatable bonds is 9. The SMILES string of the molecule is C=CC[C@H](NC(=O)c1cnccn1)[C@H](O)CN[C@H]1CC2(CCC2)Oc2ncc(CC(C)(C)C)cc21. The van der Waals surface area contributed by atoms with Gasteiger partial charge in [-0.1, -0.05) is 26.8 Å². The van der Waals surface area contributed by atoms with Gasteiger partial charge in [-0.2, -0.15) is 0 Å². The summed E-state index contributed by atoms with van der Waals surface area (Å²) < 4.78 is 6.37. The second-order valence-corrected chi connectivity index (χ2v) is 11.0. The van der Waals surface area contributed by atoms with Gasteiger partial charge in [-0.15, -0.1) is 6.58 Å². The van der Waals surface area contributed by atoms with Crippen molar-refractivity contribution in [1.82, 2.24) is 25.6 Å². The predicted molar refractivity (Wildman–Crippen MR) is 134 cm³/mol. The van der Waals surface area contributed by atoms with Gasteiger partial charge >= 0.3 is 0 Å². The second kappa shape index (κ2) is 10.4. The molecule has 2 aliphatic rings. The number of aliphatic hydroxyl groups is 1. The van der Waals surface area contributed by atoms with Gasteiger partial charge in [0.25, 0.3) is 5.91 Å². The highest BCUT2D eigenvalue weighted by Gasteiger charge is 2.46. The summed E-state index contributed by atoms with van der Waals surface area (Å²) in [7, 11) is 0. The van der Waals surface area contributed by atoms with Crippen LogP contribution in [0.1, 0.15) is 80.5 Å². The van der Waals surface area contributed by atoms with Gasteiger partial charge in [0.2, 0.25) is 5.88 Å². The smallest absolute Gasteiger partial charge is 0.271 e. The molecule has 1 saturated carbocycles. The molecule has 8 nitrogen and oxygen atoms in total. The van der Waals surface area contributed by atoms with Crippen molar-refractivity contribution in [3.05, 3.63) is 60.3 Å². The van der Waals surface area contributed by atoms with Crippen LogP contribution in [0.5, 0.6) is 5.88 Å². The molecular formula is C27H37N5O3. The molecule has 1 aliphatic carbocycles. The molecule has 3 heterocycles. The lowest BCUT2D eigenvalue weighted by Gasteiger charge is -2.47. The number of hydrogen-bond acceptors (Lipinski definition) is 7. The average molecular weight is 480 g/mol. The molecule has 0 unspecified atom stereocenters. The average Bonchev–Trinajstić information content (AvgIpc) is 2.80. The molecule has 8 heteroatoms. The van der Waals surface area contributed by atoms with E-state index in [0.717, 1.165) is 37.7 Å². The third kappa shape index (κ3) is 6.24. The molecule has 2 aromatic heterocycles. The van der Waals surface area contributed by atoms with Crippen molar-refractivity contribution in [1.29, 1.82) is 0 Å². The molecule has 0 bridgehead atoms. The number of carbonyl (C=O) groups excluding carboxylic acids is 1. The number of pyridine rings is 1. The third-order valence-electron chi connectivity index (χ3n) is 6.77. The van der Waals surface area contributed by atoms with Crippen LogP contribution in [0.25, 0.3) is 0 Å². The third-order valence-corrected chi connectivity index (χ3v) is 6.77. The fourth-order valence-corrected chi connectivity index (χ4v) is 4.90. The van der Waals surface area contributed by atoms with Crippen molar-refractivity contribution in [3.63, 3.8) is 0 Å². The maximum absolute atomic E-state index is 12.6. The van der Waals surface area contributed by atoms with Crippen LogP contribution in [0, 0.1) is 5.41 Å². The molecule has 4 rings (SSSR count). The first-order chi connectivity index (χ1) is 16.7. The fourth-order valence-electron chi connectivity index (χ4n) is 4.90. The number of nitrogens with zero attached hydrogens (tertiary/aromatic N) is 3. The van der Waals surface area contributed by atoms with Gasteiger partial charge in [-0.3, -0.25) is 9.78 Å². The molecule has 188 valence electrons. The monoisotopic (exact) mass is 479 g/mol. The van der Waals surface area contributed by atoms with Crippen molar-refractivity contribution in [2.75, 3.05) is 6.54 Å². The number of ether oxygens (including phenoxy) is 1. The lowest BCUT2D eigenvalue weighted by Crippen LogP contribution is -2.52. The van der Waals surface area contributed by atoms with E-state index in [9.17, 15) is 9.90 Å². The van der Waals surface area contributed by atoms with Crippen LogP contribution in [0.3, 0.4) is 0 Å². The van der Waals surface area contributed by atoms with Crippen molar-refractivity contribution in [2.24, 2.45) is 5.41 Å². The van der Waals surface area contributed by atoms with Gasteiger partial charge in [0.05, 0.1) is 18.3 Å². The maximum Gasteiger partial charge on any atom is 0.271 e. The molecule has 1 fully saturated rings. The largest absolute Gasteiger partial charge is 0.471 e. The van der Waals surface area contributed by atoms with Gasteiger partial charge in [-0.05, 0) is 49.1 Å². The number of hydrogen-bond donors (Lipinski definition) is 3. The molecule has 0 radical (unpaired) electrons. The Morgan fingerprint density at radius 1 is 1.31 bits per heavy atom. The Morgan fingerprint density at radius 3 is 2.74 bits per heavy atom. The van der Waals surface area contributed by atoms with Crippen LogP contribution in [0.2, 0.25) is 0 Å². The zero-order chi connectivity index (χ0) is 25.1.